The van der Waals surface area contributed by atoms with Gasteiger partial charge in [-0.05, 0) is 25.7 Å². The minimum absolute atomic E-state index is 0. The predicted octanol–water partition coefficient (Wildman–Crippen LogP) is 2.95. The van der Waals surface area contributed by atoms with Gasteiger partial charge >= 0.3 is 0 Å². The van der Waals surface area contributed by atoms with Crippen LogP contribution in [-0.4, -0.2) is 64.2 Å². The summed E-state index contributed by atoms with van der Waals surface area (Å²) in [5.74, 6) is 0.870. The summed E-state index contributed by atoms with van der Waals surface area (Å²) in [7, 11) is 1.82. The molecular formula is C19H38IN3O3. The van der Waals surface area contributed by atoms with Crippen molar-refractivity contribution < 1.29 is 14.2 Å². The highest BCUT2D eigenvalue weighted by molar-refractivity contribution is 14.0. The molecule has 2 aliphatic rings. The SMILES string of the molecule is CCCCOC1CC(NC(=NC)NCCCOC2CCOC2)C1(C)C.I. The molecule has 0 bridgehead atoms. The maximum atomic E-state index is 6.01. The number of ether oxygens (including phenoxy) is 3. The summed E-state index contributed by atoms with van der Waals surface area (Å²) < 4.78 is 17.1. The standard InChI is InChI=1S/C19H37N3O3.HI/c1-5-6-10-25-17-13-16(19(17,2)3)22-18(20-4)21-9-7-11-24-15-8-12-23-14-15;/h15-17H,5-14H2,1-4H3,(H2,20,21,22);1H. The lowest BCUT2D eigenvalue weighted by molar-refractivity contribution is -0.113. The predicted molar refractivity (Wildman–Crippen MR) is 117 cm³/mol. The highest BCUT2D eigenvalue weighted by Gasteiger charge is 2.49. The Kier molecular flexibility index (Phi) is 11.4. The second-order valence-corrected chi connectivity index (χ2v) is 7.68. The molecule has 0 amide bonds. The first-order chi connectivity index (χ1) is 12.1. The normalized spacial score (nSPS) is 27.5. The second kappa shape index (κ2) is 12.4. The molecule has 7 heteroatoms. The molecule has 1 aliphatic heterocycles. The number of aliphatic imine (C=N–C) groups is 1. The molecule has 0 aromatic carbocycles. The van der Waals surface area contributed by atoms with Crippen LogP contribution in [0.1, 0.15) is 52.9 Å². The Hall–Kier alpha value is -0.120. The number of hydrogen-bond donors (Lipinski definition) is 2. The number of nitrogens with one attached hydrogen (secondary N) is 2. The number of rotatable bonds is 10. The number of guanidine groups is 1. The van der Waals surface area contributed by atoms with Gasteiger partial charge in [0.25, 0.3) is 0 Å². The van der Waals surface area contributed by atoms with Gasteiger partial charge in [-0.3, -0.25) is 4.99 Å². The van der Waals surface area contributed by atoms with Crippen molar-refractivity contribution in [2.45, 2.75) is 71.1 Å². The van der Waals surface area contributed by atoms with E-state index in [-0.39, 0.29) is 35.5 Å². The van der Waals surface area contributed by atoms with Crippen LogP contribution in [0.3, 0.4) is 0 Å². The average Bonchev–Trinajstić information content (AvgIpc) is 3.11. The third-order valence-electron chi connectivity index (χ3n) is 5.38. The number of hydrogen-bond acceptors (Lipinski definition) is 4. The van der Waals surface area contributed by atoms with Crippen LogP contribution in [0.25, 0.3) is 0 Å². The molecule has 3 atom stereocenters. The highest BCUT2D eigenvalue weighted by atomic mass is 127. The summed E-state index contributed by atoms with van der Waals surface area (Å²) in [5.41, 5.74) is 0.136. The highest BCUT2D eigenvalue weighted by Crippen LogP contribution is 2.42. The molecule has 1 aliphatic carbocycles. The first-order valence-corrected chi connectivity index (χ1v) is 9.86. The van der Waals surface area contributed by atoms with Crippen molar-refractivity contribution >= 4 is 29.9 Å². The number of nitrogens with zero attached hydrogens (tertiary/aromatic N) is 1. The van der Waals surface area contributed by atoms with Crippen LogP contribution in [0.15, 0.2) is 4.99 Å². The van der Waals surface area contributed by atoms with Crippen molar-refractivity contribution in [2.24, 2.45) is 10.4 Å². The zero-order valence-electron chi connectivity index (χ0n) is 16.9. The van der Waals surface area contributed by atoms with Gasteiger partial charge in [0.1, 0.15) is 0 Å². The van der Waals surface area contributed by atoms with Crippen molar-refractivity contribution in [1.29, 1.82) is 0 Å². The molecular weight excluding hydrogens is 445 g/mol. The van der Waals surface area contributed by atoms with E-state index in [1.807, 2.05) is 7.05 Å². The van der Waals surface area contributed by atoms with E-state index in [0.717, 1.165) is 64.6 Å². The molecule has 26 heavy (non-hydrogen) atoms. The fourth-order valence-electron chi connectivity index (χ4n) is 3.32. The summed E-state index contributed by atoms with van der Waals surface area (Å²) in [5, 5.41) is 6.93. The lowest BCUT2D eigenvalue weighted by Gasteiger charge is -2.52. The minimum Gasteiger partial charge on any atom is -0.379 e. The Balaban J connectivity index is 0.00000338. The lowest BCUT2D eigenvalue weighted by atomic mass is 9.64. The van der Waals surface area contributed by atoms with Crippen molar-refractivity contribution in [1.82, 2.24) is 10.6 Å². The first kappa shape index (κ1) is 23.9. The van der Waals surface area contributed by atoms with Crippen LogP contribution in [0, 0.1) is 5.41 Å². The van der Waals surface area contributed by atoms with Crippen molar-refractivity contribution in [2.75, 3.05) is 40.0 Å². The number of unbranched alkanes of at least 4 members (excludes halogenated alkanes) is 1. The van der Waals surface area contributed by atoms with E-state index in [0.29, 0.717) is 12.1 Å². The molecule has 1 heterocycles. The van der Waals surface area contributed by atoms with Gasteiger partial charge in [0.2, 0.25) is 0 Å². The van der Waals surface area contributed by atoms with Gasteiger partial charge < -0.3 is 24.8 Å². The van der Waals surface area contributed by atoms with Crippen molar-refractivity contribution in [3.8, 4) is 0 Å². The van der Waals surface area contributed by atoms with Gasteiger partial charge in [-0.15, -0.1) is 24.0 Å². The maximum Gasteiger partial charge on any atom is 0.191 e. The molecule has 2 fully saturated rings. The monoisotopic (exact) mass is 483 g/mol. The zero-order chi connectivity index (χ0) is 18.1. The molecule has 6 nitrogen and oxygen atoms in total. The fraction of sp³-hybridized carbons (Fsp3) is 0.947. The van der Waals surface area contributed by atoms with Crippen molar-refractivity contribution in [3.05, 3.63) is 0 Å². The average molecular weight is 483 g/mol. The second-order valence-electron chi connectivity index (χ2n) is 7.68. The zero-order valence-corrected chi connectivity index (χ0v) is 19.2. The maximum absolute atomic E-state index is 6.01. The Labute approximate surface area is 176 Å². The molecule has 154 valence electrons. The summed E-state index contributed by atoms with van der Waals surface area (Å²) in [4.78, 5) is 4.34. The molecule has 1 saturated carbocycles. The van der Waals surface area contributed by atoms with Gasteiger partial charge in [-0.1, -0.05) is 27.2 Å². The van der Waals surface area contributed by atoms with Gasteiger partial charge in [-0.2, -0.15) is 0 Å². The van der Waals surface area contributed by atoms with Gasteiger partial charge in [0.15, 0.2) is 5.96 Å². The van der Waals surface area contributed by atoms with Gasteiger partial charge in [-0.25, -0.2) is 0 Å². The Morgan fingerprint density at radius 3 is 2.62 bits per heavy atom. The smallest absolute Gasteiger partial charge is 0.191 e. The molecule has 2 N–H and O–H groups in total. The third kappa shape index (κ3) is 7.13. The summed E-state index contributed by atoms with van der Waals surface area (Å²) in [6, 6.07) is 0.400. The fourth-order valence-corrected chi connectivity index (χ4v) is 3.32. The van der Waals surface area contributed by atoms with Gasteiger partial charge in [0, 0.05) is 44.9 Å². The Morgan fingerprint density at radius 2 is 2.00 bits per heavy atom. The largest absolute Gasteiger partial charge is 0.379 e. The molecule has 0 aromatic heterocycles. The third-order valence-corrected chi connectivity index (χ3v) is 5.38. The summed E-state index contributed by atoms with van der Waals surface area (Å²) >= 11 is 0. The Morgan fingerprint density at radius 1 is 1.23 bits per heavy atom. The molecule has 3 unspecified atom stereocenters. The Bertz CT molecular complexity index is 415. The van der Waals surface area contributed by atoms with E-state index < -0.39 is 0 Å². The molecule has 0 radical (unpaired) electrons. The van der Waals surface area contributed by atoms with Crippen LogP contribution in [0.4, 0.5) is 0 Å². The molecule has 0 aromatic rings. The summed E-state index contributed by atoms with van der Waals surface area (Å²) in [6.45, 7) is 10.8. The number of halogens is 1. The first-order valence-electron chi connectivity index (χ1n) is 9.86. The van der Waals surface area contributed by atoms with E-state index >= 15 is 0 Å². The van der Waals surface area contributed by atoms with Crippen LogP contribution in [0.2, 0.25) is 0 Å². The molecule has 2 rings (SSSR count). The van der Waals surface area contributed by atoms with E-state index in [1.165, 1.54) is 6.42 Å². The molecule has 0 spiro atoms. The van der Waals surface area contributed by atoms with E-state index in [1.54, 1.807) is 0 Å². The van der Waals surface area contributed by atoms with Crippen LogP contribution in [0.5, 0.6) is 0 Å². The van der Waals surface area contributed by atoms with E-state index in [4.69, 9.17) is 14.2 Å². The minimum atomic E-state index is 0. The molecule has 1 saturated heterocycles. The van der Waals surface area contributed by atoms with Gasteiger partial charge in [0.05, 0.1) is 18.8 Å². The van der Waals surface area contributed by atoms with E-state index in [2.05, 4.69) is 36.4 Å². The van der Waals surface area contributed by atoms with Crippen LogP contribution < -0.4 is 10.6 Å². The van der Waals surface area contributed by atoms with Crippen molar-refractivity contribution in [3.63, 3.8) is 0 Å². The topological polar surface area (TPSA) is 64.1 Å². The lowest BCUT2D eigenvalue weighted by Crippen LogP contribution is -2.63. The quantitative estimate of drug-likeness (QED) is 0.217. The van der Waals surface area contributed by atoms with Crippen LogP contribution >= 0.6 is 24.0 Å². The summed E-state index contributed by atoms with van der Waals surface area (Å²) in [6.07, 6.45) is 5.99. The van der Waals surface area contributed by atoms with Crippen LogP contribution in [-0.2, 0) is 14.2 Å². The van der Waals surface area contributed by atoms with E-state index in [9.17, 15) is 0 Å².